The second-order valence-electron chi connectivity index (χ2n) is 4.75. The molecule has 1 heterocycles. The molecule has 3 heteroatoms. The molecule has 0 N–H and O–H groups in total. The van der Waals surface area contributed by atoms with Gasteiger partial charge in [-0.25, -0.2) is 0 Å². The van der Waals surface area contributed by atoms with Crippen LogP contribution in [0.25, 0.3) is 0 Å². The molecular weight excluding hydrogens is 178 g/mol. The van der Waals surface area contributed by atoms with E-state index in [9.17, 15) is 4.79 Å². The summed E-state index contributed by atoms with van der Waals surface area (Å²) >= 11 is 0. The lowest BCUT2D eigenvalue weighted by Gasteiger charge is -2.45. The lowest BCUT2D eigenvalue weighted by atomic mass is 9.61. The largest absolute Gasteiger partial charge is 0.465 e. The molecule has 1 aliphatic heterocycles. The molecule has 14 heavy (non-hydrogen) atoms. The van der Waals surface area contributed by atoms with Gasteiger partial charge in [0.15, 0.2) is 0 Å². The summed E-state index contributed by atoms with van der Waals surface area (Å²) in [6, 6.07) is 2.34. The highest BCUT2D eigenvalue weighted by Gasteiger charge is 2.47. The van der Waals surface area contributed by atoms with Crippen LogP contribution >= 0.6 is 0 Å². The molecule has 0 bridgehead atoms. The third-order valence-electron chi connectivity index (χ3n) is 3.76. The molecule has 0 spiro atoms. The van der Waals surface area contributed by atoms with Crippen LogP contribution in [0.15, 0.2) is 0 Å². The summed E-state index contributed by atoms with van der Waals surface area (Å²) in [5.74, 6) is 0.152. The van der Waals surface area contributed by atoms with Crippen LogP contribution < -0.4 is 0 Å². The SMILES string of the molecule is C[C@@]12CCC[C@@H](C#N)[C@@H]1CC(=O)OC2. The number of carbonyl (C=O) groups excluding carboxylic acids is 1. The summed E-state index contributed by atoms with van der Waals surface area (Å²) in [5, 5.41) is 9.03. The monoisotopic (exact) mass is 193 g/mol. The fraction of sp³-hybridized carbons (Fsp3) is 0.818. The average Bonchev–Trinajstić information content (AvgIpc) is 2.18. The van der Waals surface area contributed by atoms with Crippen LogP contribution in [0.1, 0.15) is 32.6 Å². The van der Waals surface area contributed by atoms with E-state index in [1.165, 1.54) is 0 Å². The quantitative estimate of drug-likeness (QED) is 0.552. The van der Waals surface area contributed by atoms with Crippen molar-refractivity contribution in [2.24, 2.45) is 17.3 Å². The summed E-state index contributed by atoms with van der Waals surface area (Å²) < 4.78 is 5.09. The fourth-order valence-electron chi connectivity index (χ4n) is 2.80. The predicted molar refractivity (Wildman–Crippen MR) is 50.1 cm³/mol. The summed E-state index contributed by atoms with van der Waals surface area (Å²) in [4.78, 5) is 11.2. The molecule has 2 aliphatic rings. The van der Waals surface area contributed by atoms with Gasteiger partial charge in [0.2, 0.25) is 0 Å². The molecule has 1 saturated carbocycles. The van der Waals surface area contributed by atoms with Gasteiger partial charge in [-0.3, -0.25) is 4.79 Å². The van der Waals surface area contributed by atoms with E-state index in [0.29, 0.717) is 13.0 Å². The zero-order valence-electron chi connectivity index (χ0n) is 8.45. The van der Waals surface area contributed by atoms with Crippen LogP contribution in [0.2, 0.25) is 0 Å². The Morgan fingerprint density at radius 1 is 1.64 bits per heavy atom. The van der Waals surface area contributed by atoms with Gasteiger partial charge in [-0.15, -0.1) is 0 Å². The van der Waals surface area contributed by atoms with E-state index < -0.39 is 0 Å². The number of cyclic esters (lactones) is 1. The van der Waals surface area contributed by atoms with Gasteiger partial charge in [-0.1, -0.05) is 13.3 Å². The minimum Gasteiger partial charge on any atom is -0.465 e. The minimum atomic E-state index is -0.130. The van der Waals surface area contributed by atoms with Crippen LogP contribution in [0.5, 0.6) is 0 Å². The van der Waals surface area contributed by atoms with Gasteiger partial charge >= 0.3 is 5.97 Å². The number of hydrogen-bond donors (Lipinski definition) is 0. The topological polar surface area (TPSA) is 50.1 Å². The zero-order valence-corrected chi connectivity index (χ0v) is 8.45. The molecule has 2 rings (SSSR count). The molecule has 1 aliphatic carbocycles. The van der Waals surface area contributed by atoms with E-state index in [0.717, 1.165) is 19.3 Å². The molecule has 0 amide bonds. The fourth-order valence-corrected chi connectivity index (χ4v) is 2.80. The van der Waals surface area contributed by atoms with Crippen molar-refractivity contribution in [2.45, 2.75) is 32.6 Å². The zero-order chi connectivity index (χ0) is 10.2. The molecule has 3 atom stereocenters. The van der Waals surface area contributed by atoms with Crippen molar-refractivity contribution in [1.29, 1.82) is 5.26 Å². The Hall–Kier alpha value is -1.04. The molecule has 0 aromatic heterocycles. The minimum absolute atomic E-state index is 0.0570. The molecule has 0 radical (unpaired) electrons. The highest BCUT2D eigenvalue weighted by atomic mass is 16.5. The Labute approximate surface area is 84.0 Å². The normalized spacial score (nSPS) is 42.1. The maximum atomic E-state index is 11.2. The molecule has 2 fully saturated rings. The first-order chi connectivity index (χ1) is 6.65. The van der Waals surface area contributed by atoms with Gasteiger partial charge in [0.1, 0.15) is 0 Å². The van der Waals surface area contributed by atoms with Crippen LogP contribution in [0.4, 0.5) is 0 Å². The lowest BCUT2D eigenvalue weighted by Crippen LogP contribution is -2.45. The molecule has 0 unspecified atom stereocenters. The summed E-state index contributed by atoms with van der Waals surface area (Å²) in [6.45, 7) is 2.66. The summed E-state index contributed by atoms with van der Waals surface area (Å²) in [6.07, 6.45) is 3.56. The average molecular weight is 193 g/mol. The molecule has 0 aromatic carbocycles. The van der Waals surface area contributed by atoms with Crippen LogP contribution in [0, 0.1) is 28.6 Å². The van der Waals surface area contributed by atoms with Gasteiger partial charge in [0, 0.05) is 5.41 Å². The molecule has 1 saturated heterocycles. The Morgan fingerprint density at radius 2 is 2.43 bits per heavy atom. The Balaban J connectivity index is 2.22. The summed E-state index contributed by atoms with van der Waals surface area (Å²) in [5.41, 5.74) is 0.0621. The van der Waals surface area contributed by atoms with Gasteiger partial charge in [-0.05, 0) is 18.8 Å². The van der Waals surface area contributed by atoms with Gasteiger partial charge in [0.05, 0.1) is 25.0 Å². The number of carbonyl (C=O) groups is 1. The lowest BCUT2D eigenvalue weighted by molar-refractivity contribution is -0.163. The van der Waals surface area contributed by atoms with Crippen LogP contribution in [-0.4, -0.2) is 12.6 Å². The smallest absolute Gasteiger partial charge is 0.306 e. The van der Waals surface area contributed by atoms with Crippen molar-refractivity contribution in [3.05, 3.63) is 0 Å². The third-order valence-corrected chi connectivity index (χ3v) is 3.76. The number of fused-ring (bicyclic) bond motifs is 1. The second-order valence-corrected chi connectivity index (χ2v) is 4.75. The number of hydrogen-bond acceptors (Lipinski definition) is 3. The molecule has 3 nitrogen and oxygen atoms in total. The standard InChI is InChI=1S/C11H15NO2/c1-11-4-2-3-8(6-12)9(11)5-10(13)14-7-11/h8-9H,2-5,7H2,1H3/t8-,9-,11-/m0/s1. The molecule has 76 valence electrons. The first kappa shape index (κ1) is 9.51. The van der Waals surface area contributed by atoms with E-state index in [4.69, 9.17) is 10.00 Å². The molecular formula is C11H15NO2. The van der Waals surface area contributed by atoms with Crippen LogP contribution in [0.3, 0.4) is 0 Å². The Kier molecular flexibility index (Phi) is 2.22. The van der Waals surface area contributed by atoms with Crippen LogP contribution in [-0.2, 0) is 9.53 Å². The number of nitrogens with zero attached hydrogens (tertiary/aromatic N) is 1. The first-order valence-corrected chi connectivity index (χ1v) is 5.21. The third kappa shape index (κ3) is 1.39. The van der Waals surface area contributed by atoms with Gasteiger partial charge < -0.3 is 4.74 Å². The van der Waals surface area contributed by atoms with Crippen molar-refractivity contribution in [3.63, 3.8) is 0 Å². The predicted octanol–water partition coefficient (Wildman–Crippen LogP) is 1.88. The first-order valence-electron chi connectivity index (χ1n) is 5.21. The van der Waals surface area contributed by atoms with Gasteiger partial charge in [-0.2, -0.15) is 5.26 Å². The van der Waals surface area contributed by atoms with Gasteiger partial charge in [0.25, 0.3) is 0 Å². The Morgan fingerprint density at radius 3 is 3.14 bits per heavy atom. The number of esters is 1. The van der Waals surface area contributed by atoms with E-state index >= 15 is 0 Å². The van der Waals surface area contributed by atoms with Crippen molar-refractivity contribution in [3.8, 4) is 6.07 Å². The molecule has 0 aromatic rings. The van der Waals surface area contributed by atoms with Crippen molar-refractivity contribution >= 4 is 5.97 Å². The number of ether oxygens (including phenoxy) is 1. The number of rotatable bonds is 0. The highest BCUT2D eigenvalue weighted by molar-refractivity contribution is 5.70. The number of nitriles is 1. The maximum absolute atomic E-state index is 11.2. The summed E-state index contributed by atoms with van der Waals surface area (Å²) in [7, 11) is 0. The van der Waals surface area contributed by atoms with E-state index in [2.05, 4.69) is 13.0 Å². The van der Waals surface area contributed by atoms with Crippen molar-refractivity contribution in [1.82, 2.24) is 0 Å². The maximum Gasteiger partial charge on any atom is 0.306 e. The second kappa shape index (κ2) is 3.27. The van der Waals surface area contributed by atoms with E-state index in [1.54, 1.807) is 0 Å². The van der Waals surface area contributed by atoms with Crippen molar-refractivity contribution in [2.75, 3.05) is 6.61 Å². The van der Waals surface area contributed by atoms with Crippen molar-refractivity contribution < 1.29 is 9.53 Å². The highest BCUT2D eigenvalue weighted by Crippen LogP contribution is 2.48. The van der Waals surface area contributed by atoms with E-state index in [1.807, 2.05) is 0 Å². The van der Waals surface area contributed by atoms with E-state index in [-0.39, 0.29) is 23.2 Å². The Bertz CT molecular complexity index is 294.